The van der Waals surface area contributed by atoms with E-state index >= 15 is 0 Å². The fraction of sp³-hybridized carbons (Fsp3) is 0.925. The maximum atomic E-state index is 12.5. The van der Waals surface area contributed by atoms with Gasteiger partial charge in [0.1, 0.15) is 0 Å². The molecular formula is C80H155NO5. The zero-order chi connectivity index (χ0) is 62.0. The number of hydrogen-bond donors (Lipinski definition) is 3. The molecule has 2 atom stereocenters. The lowest BCUT2D eigenvalue weighted by atomic mass is 10.0. The van der Waals surface area contributed by atoms with Gasteiger partial charge in [-0.3, -0.25) is 9.59 Å². The van der Waals surface area contributed by atoms with Gasteiger partial charge >= 0.3 is 5.97 Å². The maximum absolute atomic E-state index is 12.5. The lowest BCUT2D eigenvalue weighted by Gasteiger charge is -2.20. The second-order valence-corrected chi connectivity index (χ2v) is 27.4. The highest BCUT2D eigenvalue weighted by Crippen LogP contribution is 2.20. The molecule has 0 heterocycles. The largest absolute Gasteiger partial charge is 0.466 e. The fourth-order valence-corrected chi connectivity index (χ4v) is 12.7. The Labute approximate surface area is 539 Å². The van der Waals surface area contributed by atoms with Gasteiger partial charge in [-0.15, -0.1) is 0 Å². The van der Waals surface area contributed by atoms with Gasteiger partial charge in [0.2, 0.25) is 5.91 Å². The lowest BCUT2D eigenvalue weighted by Crippen LogP contribution is -2.45. The van der Waals surface area contributed by atoms with Crippen LogP contribution in [0.4, 0.5) is 0 Å². The number of unbranched alkanes of at least 4 members (excludes halogenated alkanes) is 62. The normalized spacial score (nSPS) is 12.6. The number of aliphatic hydroxyl groups is 2. The first-order valence-corrected chi connectivity index (χ1v) is 39.6. The highest BCUT2D eigenvalue weighted by Gasteiger charge is 2.18. The van der Waals surface area contributed by atoms with Gasteiger partial charge in [0.05, 0.1) is 25.4 Å². The van der Waals surface area contributed by atoms with E-state index in [9.17, 15) is 19.8 Å². The van der Waals surface area contributed by atoms with Gasteiger partial charge < -0.3 is 20.3 Å². The lowest BCUT2D eigenvalue weighted by molar-refractivity contribution is -0.143. The Kier molecular flexibility index (Phi) is 74.3. The first-order chi connectivity index (χ1) is 42.5. The fourth-order valence-electron chi connectivity index (χ4n) is 12.7. The number of carbonyl (C=O) groups excluding carboxylic acids is 2. The summed E-state index contributed by atoms with van der Waals surface area (Å²) in [6.45, 7) is 4.94. The van der Waals surface area contributed by atoms with E-state index in [2.05, 4.69) is 31.3 Å². The van der Waals surface area contributed by atoms with E-state index in [4.69, 9.17) is 4.74 Å². The molecule has 3 N–H and O–H groups in total. The third kappa shape index (κ3) is 71.4. The van der Waals surface area contributed by atoms with Crippen molar-refractivity contribution in [1.29, 1.82) is 0 Å². The number of rotatable bonds is 75. The number of amides is 1. The second kappa shape index (κ2) is 75.8. The molecule has 0 spiro atoms. The Balaban J connectivity index is 3.30. The monoisotopic (exact) mass is 1210 g/mol. The molecule has 0 rings (SSSR count). The van der Waals surface area contributed by atoms with Gasteiger partial charge in [-0.2, -0.15) is 0 Å². The molecule has 86 heavy (non-hydrogen) atoms. The van der Waals surface area contributed by atoms with Gasteiger partial charge in [0.25, 0.3) is 0 Å². The number of carbonyl (C=O) groups is 2. The SMILES string of the molecule is CCCCCCCC/C=C\CCCCCCCCCC(=O)OCCCCCCCCCCCCCCCCCCCCCCCCCCCCCCCCCCCCCCCC(=O)NC(CO)C(O)/C=C/CCCCCCCCCCCCCCC. The average molecular weight is 1210 g/mol. The Morgan fingerprint density at radius 3 is 0.826 bits per heavy atom. The van der Waals surface area contributed by atoms with Gasteiger partial charge in [-0.25, -0.2) is 0 Å². The first kappa shape index (κ1) is 84.3. The Morgan fingerprint density at radius 2 is 0.547 bits per heavy atom. The number of hydrogen-bond acceptors (Lipinski definition) is 5. The summed E-state index contributed by atoms with van der Waals surface area (Å²) in [6, 6.07) is -0.623. The van der Waals surface area contributed by atoms with Crippen LogP contribution in [0.1, 0.15) is 450 Å². The van der Waals surface area contributed by atoms with Gasteiger partial charge in [-0.1, -0.05) is 404 Å². The number of esters is 1. The van der Waals surface area contributed by atoms with Crippen LogP contribution in [0.15, 0.2) is 24.3 Å². The minimum Gasteiger partial charge on any atom is -0.466 e. The number of allylic oxidation sites excluding steroid dienone is 3. The molecule has 0 aliphatic rings. The second-order valence-electron chi connectivity index (χ2n) is 27.4. The highest BCUT2D eigenvalue weighted by atomic mass is 16.5. The maximum Gasteiger partial charge on any atom is 0.305 e. The van der Waals surface area contributed by atoms with Crippen LogP contribution in [-0.4, -0.2) is 47.4 Å². The van der Waals surface area contributed by atoms with Crippen molar-refractivity contribution in [3.8, 4) is 0 Å². The molecule has 0 saturated heterocycles. The van der Waals surface area contributed by atoms with Crippen molar-refractivity contribution in [2.45, 2.75) is 463 Å². The van der Waals surface area contributed by atoms with E-state index in [0.29, 0.717) is 19.4 Å². The van der Waals surface area contributed by atoms with Crippen LogP contribution in [0.25, 0.3) is 0 Å². The minimum absolute atomic E-state index is 0.0207. The molecule has 0 fully saturated rings. The van der Waals surface area contributed by atoms with Crippen molar-refractivity contribution in [2.75, 3.05) is 13.2 Å². The molecule has 0 aliphatic heterocycles. The van der Waals surface area contributed by atoms with Crippen molar-refractivity contribution in [3.63, 3.8) is 0 Å². The third-order valence-electron chi connectivity index (χ3n) is 18.7. The smallest absolute Gasteiger partial charge is 0.305 e. The van der Waals surface area contributed by atoms with Crippen LogP contribution in [0.2, 0.25) is 0 Å². The van der Waals surface area contributed by atoms with Crippen molar-refractivity contribution >= 4 is 11.9 Å². The molecule has 6 nitrogen and oxygen atoms in total. The summed E-state index contributed by atoms with van der Waals surface area (Å²) in [5.74, 6) is -0.0384. The Hall–Kier alpha value is -1.66. The molecular weight excluding hydrogens is 1050 g/mol. The Bertz CT molecular complexity index is 1350. The predicted octanol–water partition coefficient (Wildman–Crippen LogP) is 26.0. The molecule has 1 amide bonds. The molecule has 6 heteroatoms. The van der Waals surface area contributed by atoms with Crippen molar-refractivity contribution in [1.82, 2.24) is 5.32 Å². The zero-order valence-electron chi connectivity index (χ0n) is 58.6. The van der Waals surface area contributed by atoms with Crippen molar-refractivity contribution in [2.24, 2.45) is 0 Å². The van der Waals surface area contributed by atoms with Crippen LogP contribution in [0.5, 0.6) is 0 Å². The summed E-state index contributed by atoms with van der Waals surface area (Å²) >= 11 is 0. The highest BCUT2D eigenvalue weighted by molar-refractivity contribution is 5.76. The zero-order valence-corrected chi connectivity index (χ0v) is 58.6. The van der Waals surface area contributed by atoms with Crippen LogP contribution < -0.4 is 5.32 Å². The van der Waals surface area contributed by atoms with Gasteiger partial charge in [0, 0.05) is 12.8 Å². The molecule has 510 valence electrons. The van der Waals surface area contributed by atoms with Crippen LogP contribution in [0, 0.1) is 0 Å². The minimum atomic E-state index is -0.840. The van der Waals surface area contributed by atoms with Crippen molar-refractivity contribution in [3.05, 3.63) is 24.3 Å². The van der Waals surface area contributed by atoms with E-state index in [1.54, 1.807) is 6.08 Å². The molecule has 0 aromatic heterocycles. The Morgan fingerprint density at radius 1 is 0.314 bits per heavy atom. The van der Waals surface area contributed by atoms with Gasteiger partial charge in [-0.05, 0) is 57.8 Å². The third-order valence-corrected chi connectivity index (χ3v) is 18.7. The summed E-state index contributed by atoms with van der Waals surface area (Å²) in [7, 11) is 0. The summed E-state index contributed by atoms with van der Waals surface area (Å²) in [6.07, 6.45) is 97.4. The summed E-state index contributed by atoms with van der Waals surface area (Å²) in [4.78, 5) is 24.6. The van der Waals surface area contributed by atoms with E-state index in [1.807, 2.05) is 6.08 Å². The van der Waals surface area contributed by atoms with Gasteiger partial charge in [0.15, 0.2) is 0 Å². The molecule has 0 radical (unpaired) electrons. The van der Waals surface area contributed by atoms with Crippen LogP contribution in [-0.2, 0) is 14.3 Å². The molecule has 0 aromatic rings. The first-order valence-electron chi connectivity index (χ1n) is 39.6. The quantitative estimate of drug-likeness (QED) is 0.0320. The van der Waals surface area contributed by atoms with Crippen molar-refractivity contribution < 1.29 is 24.5 Å². The molecule has 0 aromatic carbocycles. The number of ether oxygens (including phenoxy) is 1. The molecule has 0 aliphatic carbocycles. The number of nitrogens with one attached hydrogen (secondary N) is 1. The summed E-state index contributed by atoms with van der Waals surface area (Å²) < 4.78 is 5.51. The van der Waals surface area contributed by atoms with E-state index in [-0.39, 0.29) is 18.5 Å². The topological polar surface area (TPSA) is 95.9 Å². The van der Waals surface area contributed by atoms with Crippen LogP contribution in [0.3, 0.4) is 0 Å². The summed E-state index contributed by atoms with van der Waals surface area (Å²) in [5.41, 5.74) is 0. The standard InChI is InChI=1S/C80H155NO5/c1-3-5-7-9-11-13-15-17-19-41-46-50-54-58-62-66-70-74-80(85)86-75-71-67-63-59-55-51-47-43-40-38-36-34-32-30-28-26-24-22-20-21-23-25-27-29-31-33-35-37-39-42-45-49-53-57-61-65-69-73-79(84)81-77(76-82)78(83)72-68-64-60-56-52-48-44-18-16-14-12-10-8-6-4-2/h17,19,68,72,77-78,82-83H,3-16,18,20-67,69-71,73-76H2,1-2H3,(H,81,84)/b19-17-,72-68+. The molecule has 2 unspecified atom stereocenters. The molecule has 0 saturated carbocycles. The van der Waals surface area contributed by atoms with E-state index in [0.717, 1.165) is 38.5 Å². The predicted molar refractivity (Wildman–Crippen MR) is 380 cm³/mol. The summed E-state index contributed by atoms with van der Waals surface area (Å²) in [5, 5.41) is 23.2. The molecule has 0 bridgehead atoms. The van der Waals surface area contributed by atoms with Crippen LogP contribution >= 0.6 is 0 Å². The van der Waals surface area contributed by atoms with E-state index < -0.39 is 12.1 Å². The number of aliphatic hydroxyl groups excluding tert-OH is 2. The van der Waals surface area contributed by atoms with E-state index in [1.165, 1.54) is 385 Å². The average Bonchev–Trinajstić information content (AvgIpc) is 3.55.